The maximum Gasteiger partial charge on any atom is 0.137 e. The highest BCUT2D eigenvalue weighted by Crippen LogP contribution is 2.29. The third kappa shape index (κ3) is 3.03. The fourth-order valence-corrected chi connectivity index (χ4v) is 2.06. The summed E-state index contributed by atoms with van der Waals surface area (Å²) in [4.78, 5) is 14.4. The van der Waals surface area contributed by atoms with Gasteiger partial charge in [-0.15, -0.1) is 0 Å². The first-order valence-corrected chi connectivity index (χ1v) is 6.04. The predicted molar refractivity (Wildman–Crippen MR) is 62.9 cm³/mol. The van der Waals surface area contributed by atoms with Crippen molar-refractivity contribution in [1.82, 2.24) is 4.98 Å². The van der Waals surface area contributed by atoms with E-state index >= 15 is 0 Å². The number of unbranched alkanes of at least 4 members (excludes halogenated alkanes) is 1. The molecule has 0 bridgehead atoms. The molecule has 0 saturated carbocycles. The van der Waals surface area contributed by atoms with Crippen LogP contribution in [0, 0.1) is 0 Å². The number of hydrogen-bond acceptors (Lipinski definition) is 4. The zero-order valence-electron chi connectivity index (χ0n) is 9.76. The molecule has 1 aromatic heterocycles. The van der Waals surface area contributed by atoms with Gasteiger partial charge in [-0.3, -0.25) is 4.98 Å². The normalized spacial score (nSPS) is 18.5. The topological polar surface area (TPSA) is 59.4 Å². The molecule has 1 heterocycles. The second kappa shape index (κ2) is 5.77. The zero-order chi connectivity index (χ0) is 12.1. The van der Waals surface area contributed by atoms with Crippen molar-refractivity contribution < 1.29 is 14.6 Å². The van der Waals surface area contributed by atoms with Gasteiger partial charge >= 0.3 is 0 Å². The van der Waals surface area contributed by atoms with Crippen LogP contribution in [-0.2, 0) is 11.2 Å². The van der Waals surface area contributed by atoms with Gasteiger partial charge in [-0.05, 0) is 37.3 Å². The Kier molecular flexibility index (Phi) is 4.09. The van der Waals surface area contributed by atoms with Crippen LogP contribution in [0.2, 0.25) is 0 Å². The van der Waals surface area contributed by atoms with Crippen LogP contribution in [-0.4, -0.2) is 23.0 Å². The van der Waals surface area contributed by atoms with Gasteiger partial charge < -0.3 is 14.6 Å². The number of carbonyl (C=O) groups excluding carboxylic acids is 1. The van der Waals surface area contributed by atoms with E-state index in [4.69, 9.17) is 4.74 Å². The smallest absolute Gasteiger partial charge is 0.137 e. The Balaban J connectivity index is 1.98. The van der Waals surface area contributed by atoms with E-state index < -0.39 is 6.10 Å². The molecular formula is C13H17NO3. The van der Waals surface area contributed by atoms with Gasteiger partial charge in [0.25, 0.3) is 0 Å². The number of aryl methyl sites for hydroxylation is 1. The molecule has 4 heteroatoms. The van der Waals surface area contributed by atoms with Crippen molar-refractivity contribution in [2.24, 2.45) is 0 Å². The van der Waals surface area contributed by atoms with Crippen LogP contribution in [0.5, 0.6) is 5.75 Å². The summed E-state index contributed by atoms with van der Waals surface area (Å²) in [6.45, 7) is 0.530. The molecule has 0 fully saturated rings. The molecule has 4 nitrogen and oxygen atoms in total. The van der Waals surface area contributed by atoms with E-state index in [9.17, 15) is 9.90 Å². The van der Waals surface area contributed by atoms with Crippen molar-refractivity contribution in [2.75, 3.05) is 6.61 Å². The SMILES string of the molecule is O=CCCCOc1cnc2c(c1)CCCC2O. The molecule has 0 amide bonds. The molecule has 1 N–H and O–H groups in total. The lowest BCUT2D eigenvalue weighted by Gasteiger charge is -2.20. The maximum absolute atomic E-state index is 10.1. The van der Waals surface area contributed by atoms with Crippen LogP contribution in [0.1, 0.15) is 43.0 Å². The molecule has 0 radical (unpaired) electrons. The molecule has 0 aromatic carbocycles. The highest BCUT2D eigenvalue weighted by Gasteiger charge is 2.19. The second-order valence-corrected chi connectivity index (χ2v) is 4.28. The van der Waals surface area contributed by atoms with Gasteiger partial charge in [0.05, 0.1) is 24.6 Å². The maximum atomic E-state index is 10.1. The minimum absolute atomic E-state index is 0.428. The summed E-state index contributed by atoms with van der Waals surface area (Å²) >= 11 is 0. The average molecular weight is 235 g/mol. The lowest BCUT2D eigenvalue weighted by atomic mass is 9.94. The summed E-state index contributed by atoms with van der Waals surface area (Å²) in [7, 11) is 0. The van der Waals surface area contributed by atoms with Crippen molar-refractivity contribution in [1.29, 1.82) is 0 Å². The molecule has 1 unspecified atom stereocenters. The van der Waals surface area contributed by atoms with Crippen LogP contribution in [0.3, 0.4) is 0 Å². The highest BCUT2D eigenvalue weighted by molar-refractivity contribution is 5.49. The highest BCUT2D eigenvalue weighted by atomic mass is 16.5. The molecule has 1 atom stereocenters. The lowest BCUT2D eigenvalue weighted by molar-refractivity contribution is -0.108. The van der Waals surface area contributed by atoms with E-state index in [-0.39, 0.29) is 0 Å². The van der Waals surface area contributed by atoms with Crippen LogP contribution >= 0.6 is 0 Å². The fraction of sp³-hybridized carbons (Fsp3) is 0.538. The monoisotopic (exact) mass is 235 g/mol. The summed E-state index contributed by atoms with van der Waals surface area (Å²) in [5, 5.41) is 9.76. The molecule has 2 rings (SSSR count). The van der Waals surface area contributed by atoms with E-state index in [0.29, 0.717) is 13.0 Å². The lowest BCUT2D eigenvalue weighted by Crippen LogP contribution is -2.11. The van der Waals surface area contributed by atoms with Crippen molar-refractivity contribution in [3.8, 4) is 5.75 Å². The quantitative estimate of drug-likeness (QED) is 0.624. The van der Waals surface area contributed by atoms with Gasteiger partial charge in [0, 0.05) is 6.42 Å². The zero-order valence-corrected chi connectivity index (χ0v) is 9.76. The number of aldehydes is 1. The Morgan fingerprint density at radius 2 is 2.47 bits per heavy atom. The van der Waals surface area contributed by atoms with Crippen molar-refractivity contribution >= 4 is 6.29 Å². The Morgan fingerprint density at radius 1 is 1.59 bits per heavy atom. The first-order chi connectivity index (χ1) is 8.31. The van der Waals surface area contributed by atoms with E-state index in [1.165, 1.54) is 0 Å². The number of carbonyl (C=O) groups is 1. The van der Waals surface area contributed by atoms with Gasteiger partial charge in [0.2, 0.25) is 0 Å². The number of fused-ring (bicyclic) bond motifs is 1. The van der Waals surface area contributed by atoms with Gasteiger partial charge in [0.1, 0.15) is 12.0 Å². The van der Waals surface area contributed by atoms with Crippen molar-refractivity contribution in [2.45, 2.75) is 38.2 Å². The molecule has 0 saturated heterocycles. The van der Waals surface area contributed by atoms with Gasteiger partial charge in [0.15, 0.2) is 0 Å². The third-order valence-corrected chi connectivity index (χ3v) is 2.95. The summed E-state index contributed by atoms with van der Waals surface area (Å²) in [6.07, 6.45) is 6.09. The molecule has 1 aliphatic rings. The minimum atomic E-state index is -0.428. The number of hydrogen-bond donors (Lipinski definition) is 1. The molecule has 1 aromatic rings. The predicted octanol–water partition coefficient (Wildman–Crippen LogP) is 1.81. The third-order valence-electron chi connectivity index (χ3n) is 2.95. The van der Waals surface area contributed by atoms with Crippen molar-refractivity contribution in [3.05, 3.63) is 23.5 Å². The Hall–Kier alpha value is -1.42. The van der Waals surface area contributed by atoms with Gasteiger partial charge in [-0.2, -0.15) is 0 Å². The fourth-order valence-electron chi connectivity index (χ4n) is 2.06. The van der Waals surface area contributed by atoms with E-state index in [1.54, 1.807) is 6.20 Å². The molecule has 1 aliphatic carbocycles. The standard InChI is InChI=1S/C13H17NO3/c15-6-1-2-7-17-11-8-10-4-3-5-12(16)13(10)14-9-11/h6,8-9,12,16H,1-5,7H2. The number of rotatable bonds is 5. The molecule has 92 valence electrons. The second-order valence-electron chi connectivity index (χ2n) is 4.28. The number of nitrogens with zero attached hydrogens (tertiary/aromatic N) is 1. The van der Waals surface area contributed by atoms with E-state index in [2.05, 4.69) is 4.98 Å². The molecular weight excluding hydrogens is 218 g/mol. The molecule has 17 heavy (non-hydrogen) atoms. The van der Waals surface area contributed by atoms with Gasteiger partial charge in [-0.25, -0.2) is 0 Å². The number of aliphatic hydroxyl groups is 1. The van der Waals surface area contributed by atoms with E-state index in [0.717, 1.165) is 49.0 Å². The average Bonchev–Trinajstić information content (AvgIpc) is 2.35. The summed E-state index contributed by atoms with van der Waals surface area (Å²) < 4.78 is 5.51. The first-order valence-electron chi connectivity index (χ1n) is 6.04. The largest absolute Gasteiger partial charge is 0.492 e. The summed E-state index contributed by atoms with van der Waals surface area (Å²) in [5.74, 6) is 0.726. The van der Waals surface area contributed by atoms with E-state index in [1.807, 2.05) is 6.07 Å². The number of aliphatic hydroxyl groups excluding tert-OH is 1. The number of pyridine rings is 1. The Bertz CT molecular complexity index is 392. The van der Waals surface area contributed by atoms with Crippen molar-refractivity contribution in [3.63, 3.8) is 0 Å². The van der Waals surface area contributed by atoms with Crippen LogP contribution in [0.25, 0.3) is 0 Å². The Morgan fingerprint density at radius 3 is 3.29 bits per heavy atom. The molecule has 0 aliphatic heterocycles. The summed E-state index contributed by atoms with van der Waals surface area (Å²) in [6, 6.07) is 1.95. The van der Waals surface area contributed by atoms with Crippen LogP contribution in [0.4, 0.5) is 0 Å². The molecule has 0 spiro atoms. The van der Waals surface area contributed by atoms with Crippen LogP contribution in [0.15, 0.2) is 12.3 Å². The number of ether oxygens (including phenoxy) is 1. The number of aromatic nitrogens is 1. The summed E-state index contributed by atoms with van der Waals surface area (Å²) in [5.41, 5.74) is 1.87. The minimum Gasteiger partial charge on any atom is -0.492 e. The first kappa shape index (κ1) is 12.0. The van der Waals surface area contributed by atoms with Gasteiger partial charge in [-0.1, -0.05) is 0 Å². The Labute approximate surface area is 101 Å². The van der Waals surface area contributed by atoms with Crippen LogP contribution < -0.4 is 4.74 Å².